The quantitative estimate of drug-likeness (QED) is 0.700. The van der Waals surface area contributed by atoms with E-state index in [0.717, 1.165) is 4.88 Å². The van der Waals surface area contributed by atoms with E-state index >= 15 is 0 Å². The number of nitrogens with one attached hydrogen (secondary N) is 1. The number of aliphatic hydroxyl groups excluding tert-OH is 1. The lowest BCUT2D eigenvalue weighted by atomic mass is 10.2. The second kappa shape index (κ2) is 7.75. The third-order valence-electron chi connectivity index (χ3n) is 2.57. The lowest BCUT2D eigenvalue weighted by molar-refractivity contribution is -0.146. The van der Waals surface area contributed by atoms with Crippen LogP contribution in [0.5, 0.6) is 0 Å². The minimum absolute atomic E-state index is 0.00235. The molecule has 0 saturated heterocycles. The van der Waals surface area contributed by atoms with Gasteiger partial charge >= 0.3 is 12.0 Å². The fraction of sp³-hybridized carbons (Fsp3) is 0.500. The normalized spacial score (nSPS) is 11.9. The van der Waals surface area contributed by atoms with Crippen molar-refractivity contribution in [2.24, 2.45) is 0 Å². The highest BCUT2D eigenvalue weighted by molar-refractivity contribution is 7.09. The summed E-state index contributed by atoms with van der Waals surface area (Å²) in [5.74, 6) is -1.28. The number of urea groups is 1. The van der Waals surface area contributed by atoms with Crippen LogP contribution in [0.4, 0.5) is 4.79 Å². The molecule has 3 N–H and O–H groups in total. The minimum Gasteiger partial charge on any atom is -0.479 e. The Kier molecular flexibility index (Phi) is 6.31. The van der Waals surface area contributed by atoms with Gasteiger partial charge in [-0.2, -0.15) is 0 Å². The molecule has 0 aromatic carbocycles. The van der Waals surface area contributed by atoms with Crippen molar-refractivity contribution in [1.82, 2.24) is 10.2 Å². The van der Waals surface area contributed by atoms with Crippen LogP contribution >= 0.6 is 11.3 Å². The Hall–Kier alpha value is -1.60. The lowest BCUT2D eigenvalue weighted by Gasteiger charge is -2.20. The van der Waals surface area contributed by atoms with Gasteiger partial charge in [-0.25, -0.2) is 9.59 Å². The molecule has 1 rings (SSSR count). The molecule has 1 aromatic rings. The van der Waals surface area contributed by atoms with Crippen LogP contribution in [0.25, 0.3) is 0 Å². The SMILES string of the molecule is CCN(Cc1cccs1)C(=O)NCCC(O)C(=O)O. The number of carboxylic acid groups (broad SMARTS) is 1. The molecule has 0 bridgehead atoms. The third kappa shape index (κ3) is 5.27. The maximum absolute atomic E-state index is 11.8. The summed E-state index contributed by atoms with van der Waals surface area (Å²) in [5.41, 5.74) is 0. The van der Waals surface area contributed by atoms with Gasteiger partial charge < -0.3 is 20.4 Å². The van der Waals surface area contributed by atoms with Crippen LogP contribution in [0.1, 0.15) is 18.2 Å². The smallest absolute Gasteiger partial charge is 0.332 e. The number of amides is 2. The molecule has 0 aliphatic carbocycles. The first-order valence-corrected chi connectivity index (χ1v) is 6.88. The zero-order valence-electron chi connectivity index (χ0n) is 10.7. The number of nitrogens with zero attached hydrogens (tertiary/aromatic N) is 1. The van der Waals surface area contributed by atoms with E-state index in [4.69, 9.17) is 10.2 Å². The number of carboxylic acids is 1. The van der Waals surface area contributed by atoms with E-state index in [1.54, 1.807) is 16.2 Å². The summed E-state index contributed by atoms with van der Waals surface area (Å²) in [4.78, 5) is 25.0. The van der Waals surface area contributed by atoms with Gasteiger partial charge in [0.05, 0.1) is 6.54 Å². The maximum atomic E-state index is 11.8. The Morgan fingerprint density at radius 3 is 2.79 bits per heavy atom. The largest absolute Gasteiger partial charge is 0.479 e. The second-order valence-electron chi connectivity index (χ2n) is 3.97. The van der Waals surface area contributed by atoms with Crippen molar-refractivity contribution in [3.63, 3.8) is 0 Å². The number of hydrogen-bond acceptors (Lipinski definition) is 4. The van der Waals surface area contributed by atoms with Crippen molar-refractivity contribution < 1.29 is 19.8 Å². The highest BCUT2D eigenvalue weighted by atomic mass is 32.1. The van der Waals surface area contributed by atoms with Crippen LogP contribution in [0, 0.1) is 0 Å². The van der Waals surface area contributed by atoms with Crippen LogP contribution in [-0.2, 0) is 11.3 Å². The molecular weight excluding hydrogens is 268 g/mol. The van der Waals surface area contributed by atoms with Crippen LogP contribution in [0.2, 0.25) is 0 Å². The van der Waals surface area contributed by atoms with E-state index in [9.17, 15) is 9.59 Å². The zero-order chi connectivity index (χ0) is 14.3. The van der Waals surface area contributed by atoms with Crippen LogP contribution in [-0.4, -0.2) is 46.3 Å². The Morgan fingerprint density at radius 2 is 2.26 bits per heavy atom. The van der Waals surface area contributed by atoms with Gasteiger partial charge in [0, 0.05) is 24.4 Å². The number of rotatable bonds is 7. The van der Waals surface area contributed by atoms with Gasteiger partial charge in [-0.05, 0) is 18.4 Å². The Balaban J connectivity index is 2.35. The van der Waals surface area contributed by atoms with Gasteiger partial charge in [0.25, 0.3) is 0 Å². The molecule has 2 amide bonds. The highest BCUT2D eigenvalue weighted by Crippen LogP contribution is 2.11. The van der Waals surface area contributed by atoms with E-state index < -0.39 is 12.1 Å². The number of carbonyl (C=O) groups excluding carboxylic acids is 1. The number of hydrogen-bond donors (Lipinski definition) is 3. The number of aliphatic carboxylic acids is 1. The summed E-state index contributed by atoms with van der Waals surface area (Å²) >= 11 is 1.58. The van der Waals surface area contributed by atoms with E-state index in [1.807, 2.05) is 24.4 Å². The molecule has 1 heterocycles. The van der Waals surface area contributed by atoms with E-state index in [0.29, 0.717) is 13.1 Å². The average Bonchev–Trinajstić information content (AvgIpc) is 2.88. The Bertz CT molecular complexity index is 408. The fourth-order valence-corrected chi connectivity index (χ4v) is 2.19. The Labute approximate surface area is 115 Å². The van der Waals surface area contributed by atoms with Crippen LogP contribution < -0.4 is 5.32 Å². The molecular formula is C12H18N2O4S. The first-order valence-electron chi connectivity index (χ1n) is 6.00. The average molecular weight is 286 g/mol. The van der Waals surface area contributed by atoms with Gasteiger partial charge in [-0.3, -0.25) is 0 Å². The minimum atomic E-state index is -1.44. The summed E-state index contributed by atoms with van der Waals surface area (Å²) in [6, 6.07) is 3.62. The molecule has 6 nitrogen and oxygen atoms in total. The molecule has 0 radical (unpaired) electrons. The Morgan fingerprint density at radius 1 is 1.53 bits per heavy atom. The predicted octanol–water partition coefficient (Wildman–Crippen LogP) is 1.12. The van der Waals surface area contributed by atoms with Crippen molar-refractivity contribution in [2.75, 3.05) is 13.1 Å². The molecule has 1 aromatic heterocycles. The molecule has 0 saturated carbocycles. The van der Waals surface area contributed by atoms with Gasteiger partial charge in [0.2, 0.25) is 0 Å². The van der Waals surface area contributed by atoms with Crippen molar-refractivity contribution in [2.45, 2.75) is 26.0 Å². The summed E-state index contributed by atoms with van der Waals surface area (Å²) in [6.45, 7) is 3.10. The molecule has 0 fully saturated rings. The molecule has 19 heavy (non-hydrogen) atoms. The molecule has 0 aliphatic heterocycles. The van der Waals surface area contributed by atoms with Crippen molar-refractivity contribution in [1.29, 1.82) is 0 Å². The summed E-state index contributed by atoms with van der Waals surface area (Å²) in [5, 5.41) is 22.1. The lowest BCUT2D eigenvalue weighted by Crippen LogP contribution is -2.40. The van der Waals surface area contributed by atoms with E-state index in [2.05, 4.69) is 5.32 Å². The molecule has 106 valence electrons. The highest BCUT2D eigenvalue weighted by Gasteiger charge is 2.15. The first-order chi connectivity index (χ1) is 9.04. The molecule has 1 atom stereocenters. The van der Waals surface area contributed by atoms with Crippen LogP contribution in [0.3, 0.4) is 0 Å². The predicted molar refractivity (Wildman–Crippen MR) is 72.1 cm³/mol. The standard InChI is InChI=1S/C12H18N2O4S/c1-2-14(8-9-4-3-7-19-9)12(18)13-6-5-10(15)11(16)17/h3-4,7,10,15H,2,5-6,8H2,1H3,(H,13,18)(H,16,17). The topological polar surface area (TPSA) is 89.9 Å². The monoisotopic (exact) mass is 286 g/mol. The summed E-state index contributed by atoms with van der Waals surface area (Å²) in [6.07, 6.45) is -1.44. The number of thiophene rings is 1. The maximum Gasteiger partial charge on any atom is 0.332 e. The van der Waals surface area contributed by atoms with Gasteiger partial charge in [0.1, 0.15) is 0 Å². The van der Waals surface area contributed by atoms with Crippen molar-refractivity contribution in [3.8, 4) is 0 Å². The van der Waals surface area contributed by atoms with E-state index in [1.165, 1.54) is 0 Å². The first kappa shape index (κ1) is 15.5. The second-order valence-corrected chi connectivity index (χ2v) is 5.00. The van der Waals surface area contributed by atoms with Crippen molar-refractivity contribution >= 4 is 23.3 Å². The molecule has 1 unspecified atom stereocenters. The number of aliphatic hydroxyl groups is 1. The fourth-order valence-electron chi connectivity index (χ4n) is 1.47. The molecule has 0 aliphatic rings. The van der Waals surface area contributed by atoms with E-state index in [-0.39, 0.29) is 19.0 Å². The van der Waals surface area contributed by atoms with Gasteiger partial charge in [-0.15, -0.1) is 11.3 Å². The zero-order valence-corrected chi connectivity index (χ0v) is 11.5. The molecule has 7 heteroatoms. The summed E-state index contributed by atoms with van der Waals surface area (Å²) < 4.78 is 0. The summed E-state index contributed by atoms with van der Waals surface area (Å²) in [7, 11) is 0. The van der Waals surface area contributed by atoms with Gasteiger partial charge in [-0.1, -0.05) is 6.07 Å². The van der Waals surface area contributed by atoms with Crippen molar-refractivity contribution in [3.05, 3.63) is 22.4 Å². The van der Waals surface area contributed by atoms with Gasteiger partial charge in [0.15, 0.2) is 6.10 Å². The molecule has 0 spiro atoms. The third-order valence-corrected chi connectivity index (χ3v) is 3.44. The number of carbonyl (C=O) groups is 2. The van der Waals surface area contributed by atoms with Crippen LogP contribution in [0.15, 0.2) is 17.5 Å².